The smallest absolute Gasteiger partial charge is 0.408 e. The number of nitrogens with one attached hydrogen (secondary N) is 1. The first-order valence-electron chi connectivity index (χ1n) is 10.7. The predicted molar refractivity (Wildman–Crippen MR) is 127 cm³/mol. The Labute approximate surface area is 201 Å². The van der Waals surface area contributed by atoms with E-state index in [2.05, 4.69) is 20.6 Å². The van der Waals surface area contributed by atoms with Gasteiger partial charge in [-0.2, -0.15) is 4.52 Å². The lowest BCUT2D eigenvalue weighted by molar-refractivity contribution is -0.141. The molecule has 0 saturated carbocycles. The van der Waals surface area contributed by atoms with Gasteiger partial charge in [0.25, 0.3) is 0 Å². The second-order valence-corrected chi connectivity index (χ2v) is 10.7. The minimum absolute atomic E-state index is 0.0793. The summed E-state index contributed by atoms with van der Waals surface area (Å²) in [7, 11) is 0. The van der Waals surface area contributed by atoms with Crippen molar-refractivity contribution in [2.24, 2.45) is 5.92 Å². The van der Waals surface area contributed by atoms with Crippen molar-refractivity contribution in [3.63, 3.8) is 0 Å². The fourth-order valence-electron chi connectivity index (χ4n) is 2.90. The highest BCUT2D eigenvalue weighted by atomic mass is 32.2. The normalized spacial score (nSPS) is 13.5. The lowest BCUT2D eigenvalue weighted by atomic mass is 9.99. The summed E-state index contributed by atoms with van der Waals surface area (Å²) < 4.78 is 13.0. The van der Waals surface area contributed by atoms with E-state index in [0.29, 0.717) is 15.1 Å². The van der Waals surface area contributed by atoms with E-state index < -0.39 is 17.7 Å². The van der Waals surface area contributed by atoms with E-state index in [1.807, 2.05) is 65.0 Å². The molecule has 2 aromatic heterocycles. The lowest BCUT2D eigenvalue weighted by Gasteiger charge is -2.25. The van der Waals surface area contributed by atoms with Crippen LogP contribution in [0.1, 0.15) is 58.5 Å². The van der Waals surface area contributed by atoms with Gasteiger partial charge in [0.2, 0.25) is 4.96 Å². The van der Waals surface area contributed by atoms with Crippen molar-refractivity contribution in [1.29, 1.82) is 0 Å². The minimum Gasteiger partial charge on any atom is -0.460 e. The summed E-state index contributed by atoms with van der Waals surface area (Å²) in [5, 5.41) is 15.9. The number of hydrogen-bond donors (Lipinski definition) is 1. The molecule has 0 aliphatic rings. The fraction of sp³-hybridized carbons (Fsp3) is 0.500. The highest BCUT2D eigenvalue weighted by Crippen LogP contribution is 2.29. The summed E-state index contributed by atoms with van der Waals surface area (Å²) in [6.07, 6.45) is 0.296. The second-order valence-electron chi connectivity index (χ2n) is 8.56. The summed E-state index contributed by atoms with van der Waals surface area (Å²) in [4.78, 5) is 25.1. The largest absolute Gasteiger partial charge is 0.460 e. The van der Waals surface area contributed by atoms with Crippen molar-refractivity contribution < 1.29 is 19.1 Å². The fourth-order valence-corrected chi connectivity index (χ4v) is 4.58. The molecule has 0 radical (unpaired) electrons. The summed E-state index contributed by atoms with van der Waals surface area (Å²) in [5.74, 6) is 0.423. The molecule has 178 valence electrons. The van der Waals surface area contributed by atoms with Crippen LogP contribution in [0.3, 0.4) is 0 Å². The number of hydrogen-bond acceptors (Lipinski definition) is 9. The van der Waals surface area contributed by atoms with Gasteiger partial charge < -0.3 is 14.8 Å². The van der Waals surface area contributed by atoms with Crippen molar-refractivity contribution in [3.05, 3.63) is 41.7 Å². The third kappa shape index (κ3) is 7.16. The number of carbonyl (C=O) groups excluding carboxylic acids is 2. The first-order valence-corrected chi connectivity index (χ1v) is 12.5. The summed E-state index contributed by atoms with van der Waals surface area (Å²) in [6.45, 7) is 9.74. The number of rotatable bonds is 9. The number of alkyl carbamates (subject to hydrolysis) is 1. The van der Waals surface area contributed by atoms with Crippen molar-refractivity contribution in [2.75, 3.05) is 5.75 Å². The van der Waals surface area contributed by atoms with E-state index in [0.717, 1.165) is 12.0 Å². The van der Waals surface area contributed by atoms with Crippen LogP contribution in [0, 0.1) is 5.92 Å². The van der Waals surface area contributed by atoms with Gasteiger partial charge in [0.05, 0.1) is 11.8 Å². The van der Waals surface area contributed by atoms with Crippen LogP contribution in [0.25, 0.3) is 4.96 Å². The summed E-state index contributed by atoms with van der Waals surface area (Å²) >= 11 is 2.61. The molecule has 2 unspecified atom stereocenters. The van der Waals surface area contributed by atoms with Crippen molar-refractivity contribution in [2.45, 2.75) is 63.6 Å². The highest BCUT2D eigenvalue weighted by molar-refractivity contribution is 8.01. The molecule has 33 heavy (non-hydrogen) atoms. The van der Waals surface area contributed by atoms with Crippen LogP contribution in [-0.4, -0.2) is 43.2 Å². The lowest BCUT2D eigenvalue weighted by Crippen LogP contribution is -2.38. The Balaban J connectivity index is 1.66. The maximum Gasteiger partial charge on any atom is 0.408 e. The maximum absolute atomic E-state index is 12.4. The van der Waals surface area contributed by atoms with Crippen LogP contribution in [-0.2, 0) is 20.9 Å². The Bertz CT molecular complexity index is 1080. The number of fused-ring (bicyclic) bond motifs is 1. The second kappa shape index (κ2) is 11.0. The van der Waals surface area contributed by atoms with Gasteiger partial charge in [0.1, 0.15) is 12.2 Å². The molecule has 1 amide bonds. The quantitative estimate of drug-likeness (QED) is 0.341. The molecular weight excluding hydrogens is 462 g/mol. The molecule has 0 aliphatic carbocycles. The monoisotopic (exact) mass is 491 g/mol. The molecule has 0 fully saturated rings. The molecule has 0 bridgehead atoms. The molecule has 3 rings (SSSR count). The number of ether oxygens (including phenoxy) is 2. The van der Waals surface area contributed by atoms with Crippen molar-refractivity contribution in [1.82, 2.24) is 25.1 Å². The van der Waals surface area contributed by atoms with E-state index >= 15 is 0 Å². The summed E-state index contributed by atoms with van der Waals surface area (Å²) in [6, 6.07) is 9.11. The van der Waals surface area contributed by atoms with Gasteiger partial charge >= 0.3 is 12.1 Å². The first-order chi connectivity index (χ1) is 15.7. The molecule has 3 aromatic rings. The molecule has 0 saturated heterocycles. The third-order valence-corrected chi connectivity index (χ3v) is 6.72. The van der Waals surface area contributed by atoms with E-state index in [1.165, 1.54) is 23.1 Å². The van der Waals surface area contributed by atoms with Gasteiger partial charge in [0, 0.05) is 0 Å². The number of esters is 1. The maximum atomic E-state index is 12.4. The van der Waals surface area contributed by atoms with Crippen LogP contribution in [0.4, 0.5) is 4.79 Å². The van der Waals surface area contributed by atoms with Crippen LogP contribution < -0.4 is 5.32 Å². The molecule has 0 spiro atoms. The van der Waals surface area contributed by atoms with Crippen LogP contribution in [0.15, 0.2) is 34.7 Å². The Kier molecular flexibility index (Phi) is 8.30. The number of nitrogens with zero attached hydrogens (tertiary/aromatic N) is 4. The molecule has 2 heterocycles. The average molecular weight is 492 g/mol. The predicted octanol–water partition coefficient (Wildman–Crippen LogP) is 4.63. The van der Waals surface area contributed by atoms with E-state index in [1.54, 1.807) is 4.52 Å². The van der Waals surface area contributed by atoms with Gasteiger partial charge in [-0.3, -0.25) is 4.79 Å². The minimum atomic E-state index is -0.607. The zero-order chi connectivity index (χ0) is 24.0. The molecule has 1 aromatic carbocycles. The van der Waals surface area contributed by atoms with Gasteiger partial charge in [0.15, 0.2) is 10.2 Å². The van der Waals surface area contributed by atoms with Crippen molar-refractivity contribution in [3.8, 4) is 0 Å². The molecule has 0 aliphatic heterocycles. The highest BCUT2D eigenvalue weighted by Gasteiger charge is 2.29. The first kappa shape index (κ1) is 25.0. The molecule has 9 nitrogen and oxygen atoms in total. The van der Waals surface area contributed by atoms with Gasteiger partial charge in [-0.1, -0.05) is 73.7 Å². The number of benzene rings is 1. The van der Waals surface area contributed by atoms with Gasteiger partial charge in [-0.05, 0) is 32.3 Å². The zero-order valence-corrected chi connectivity index (χ0v) is 21.0. The number of amides is 1. The standard InChI is InChI=1S/C22H29N5O4S2/c1-6-14(2)17(23-20(29)31-22(3,4)5)18-24-25-19-27(18)26-21(33-19)32-13-16(28)30-12-15-10-8-7-9-11-15/h7-11,14,17H,6,12-13H2,1-5H3,(H,23,29). The van der Waals surface area contributed by atoms with E-state index in [4.69, 9.17) is 9.47 Å². The van der Waals surface area contributed by atoms with Crippen molar-refractivity contribution >= 4 is 40.1 Å². The SMILES string of the molecule is CCC(C)C(NC(=O)OC(C)(C)C)c1nnc2sc(SCC(=O)OCc3ccccc3)nn12. The van der Waals surface area contributed by atoms with Gasteiger partial charge in [-0.15, -0.1) is 15.3 Å². The zero-order valence-electron chi connectivity index (χ0n) is 19.4. The molecule has 1 N–H and O–H groups in total. The Morgan fingerprint density at radius 1 is 1.21 bits per heavy atom. The average Bonchev–Trinajstić information content (AvgIpc) is 3.34. The summed E-state index contributed by atoms with van der Waals surface area (Å²) in [5.41, 5.74) is 0.330. The molecular formula is C22H29N5O4S2. The Morgan fingerprint density at radius 3 is 2.61 bits per heavy atom. The van der Waals surface area contributed by atoms with Gasteiger partial charge in [-0.25, -0.2) is 4.79 Å². The third-order valence-electron chi connectivity index (χ3n) is 4.72. The number of thioether (sulfide) groups is 1. The Morgan fingerprint density at radius 2 is 1.94 bits per heavy atom. The van der Waals surface area contributed by atoms with Crippen LogP contribution in [0.5, 0.6) is 0 Å². The molecule has 11 heteroatoms. The number of carbonyl (C=O) groups is 2. The topological polar surface area (TPSA) is 108 Å². The van der Waals surface area contributed by atoms with E-state index in [-0.39, 0.29) is 24.2 Å². The number of aromatic nitrogens is 4. The van der Waals surface area contributed by atoms with Crippen LogP contribution >= 0.6 is 23.1 Å². The Hall–Kier alpha value is -2.66. The van der Waals surface area contributed by atoms with Crippen LogP contribution in [0.2, 0.25) is 0 Å². The van der Waals surface area contributed by atoms with E-state index in [9.17, 15) is 9.59 Å². The molecule has 2 atom stereocenters.